The number of esters is 1. The van der Waals surface area contributed by atoms with Gasteiger partial charge in [-0.2, -0.15) is 0 Å². The smallest absolute Gasteiger partial charge is 0.505 e. The van der Waals surface area contributed by atoms with E-state index in [1.807, 2.05) is 0 Å². The minimum Gasteiger partial charge on any atom is -0.505 e. The van der Waals surface area contributed by atoms with E-state index in [0.29, 0.717) is 6.20 Å². The Morgan fingerprint density at radius 3 is 2.63 bits per heavy atom. The number of aromatic nitrogens is 1. The highest BCUT2D eigenvalue weighted by Gasteiger charge is 2.34. The molecule has 1 aromatic rings. The van der Waals surface area contributed by atoms with Crippen LogP contribution in [0.1, 0.15) is 22.8 Å². The van der Waals surface area contributed by atoms with E-state index in [1.165, 1.54) is 6.92 Å². The van der Waals surface area contributed by atoms with Gasteiger partial charge in [-0.15, -0.1) is 13.2 Å². The molecular formula is C10H9BrF3NO4. The van der Waals surface area contributed by atoms with Crippen molar-refractivity contribution in [2.24, 2.45) is 0 Å². The van der Waals surface area contributed by atoms with E-state index in [0.717, 1.165) is 0 Å². The summed E-state index contributed by atoms with van der Waals surface area (Å²) in [4.78, 5) is 14.9. The molecular weight excluding hydrogens is 335 g/mol. The summed E-state index contributed by atoms with van der Waals surface area (Å²) in [5.41, 5.74) is -0.649. The third-order valence-corrected chi connectivity index (χ3v) is 2.51. The molecule has 0 amide bonds. The summed E-state index contributed by atoms with van der Waals surface area (Å²) in [6, 6.07) is 0. The summed E-state index contributed by atoms with van der Waals surface area (Å²) in [6.45, 7) is 1.54. The SMILES string of the molecule is CCOC(=O)c1c(O)cnc(OC(F)(F)F)c1CBr. The van der Waals surface area contributed by atoms with Crippen molar-refractivity contribution in [3.05, 3.63) is 17.3 Å². The normalized spacial score (nSPS) is 11.2. The quantitative estimate of drug-likeness (QED) is 0.672. The van der Waals surface area contributed by atoms with Crippen LogP contribution in [0.2, 0.25) is 0 Å². The molecule has 0 bridgehead atoms. The Bertz CT molecular complexity index is 479. The van der Waals surface area contributed by atoms with Gasteiger partial charge in [0.1, 0.15) is 11.3 Å². The maximum absolute atomic E-state index is 12.2. The van der Waals surface area contributed by atoms with Crippen molar-refractivity contribution < 1.29 is 32.5 Å². The average molecular weight is 344 g/mol. The van der Waals surface area contributed by atoms with Crippen molar-refractivity contribution in [3.63, 3.8) is 0 Å². The highest BCUT2D eigenvalue weighted by molar-refractivity contribution is 9.08. The minimum absolute atomic E-state index is 0.0117. The zero-order chi connectivity index (χ0) is 14.6. The van der Waals surface area contributed by atoms with Crippen LogP contribution in [0.25, 0.3) is 0 Å². The molecule has 1 heterocycles. The van der Waals surface area contributed by atoms with Crippen LogP contribution in [0.5, 0.6) is 11.6 Å². The number of alkyl halides is 4. The van der Waals surface area contributed by atoms with E-state index in [-0.39, 0.29) is 17.5 Å². The second kappa shape index (κ2) is 6.09. The molecule has 1 rings (SSSR count). The molecule has 0 aliphatic carbocycles. The monoisotopic (exact) mass is 343 g/mol. The Morgan fingerprint density at radius 1 is 1.53 bits per heavy atom. The highest BCUT2D eigenvalue weighted by Crippen LogP contribution is 2.33. The maximum atomic E-state index is 12.2. The molecule has 0 radical (unpaired) electrons. The van der Waals surface area contributed by atoms with Gasteiger partial charge in [0.15, 0.2) is 0 Å². The molecule has 0 aliphatic heterocycles. The summed E-state index contributed by atoms with van der Waals surface area (Å²) in [5, 5.41) is 9.35. The lowest BCUT2D eigenvalue weighted by atomic mass is 10.1. The number of hydrogen-bond acceptors (Lipinski definition) is 5. The first kappa shape index (κ1) is 15.5. The molecule has 0 atom stereocenters. The molecule has 1 aromatic heterocycles. The Kier molecular flexibility index (Phi) is 4.98. The summed E-state index contributed by atoms with van der Waals surface area (Å²) >= 11 is 2.91. The third kappa shape index (κ3) is 3.98. The molecule has 0 spiro atoms. The molecule has 5 nitrogen and oxygen atoms in total. The van der Waals surface area contributed by atoms with Crippen LogP contribution in [-0.4, -0.2) is 29.0 Å². The van der Waals surface area contributed by atoms with Gasteiger partial charge in [-0.1, -0.05) is 15.9 Å². The molecule has 19 heavy (non-hydrogen) atoms. The van der Waals surface area contributed by atoms with Crippen molar-refractivity contribution >= 4 is 21.9 Å². The molecule has 0 unspecified atom stereocenters. The number of aromatic hydroxyl groups is 1. The topological polar surface area (TPSA) is 68.7 Å². The molecule has 0 aromatic carbocycles. The Labute approximate surface area is 114 Å². The molecule has 106 valence electrons. The Morgan fingerprint density at radius 2 is 2.16 bits per heavy atom. The zero-order valence-corrected chi connectivity index (χ0v) is 11.2. The van der Waals surface area contributed by atoms with E-state index in [4.69, 9.17) is 0 Å². The first-order valence-corrected chi connectivity index (χ1v) is 6.12. The summed E-state index contributed by atoms with van der Waals surface area (Å²) in [7, 11) is 0. The fourth-order valence-corrected chi connectivity index (χ4v) is 1.80. The lowest BCUT2D eigenvalue weighted by Gasteiger charge is -2.14. The van der Waals surface area contributed by atoms with E-state index in [2.05, 4.69) is 30.4 Å². The molecule has 9 heteroatoms. The lowest BCUT2D eigenvalue weighted by Crippen LogP contribution is -2.20. The molecule has 1 N–H and O–H groups in total. The standard InChI is InChI=1S/C10H9BrF3NO4/c1-2-18-9(17)7-5(3-11)8(15-4-6(7)16)19-10(12,13)14/h4,16H,2-3H2,1H3. The van der Waals surface area contributed by atoms with Crippen LogP contribution in [0.3, 0.4) is 0 Å². The van der Waals surface area contributed by atoms with Crippen LogP contribution < -0.4 is 4.74 Å². The van der Waals surface area contributed by atoms with Crippen molar-refractivity contribution in [3.8, 4) is 11.6 Å². The summed E-state index contributed by atoms with van der Waals surface area (Å²) in [6.07, 6.45) is -4.26. The van der Waals surface area contributed by atoms with Crippen LogP contribution in [0, 0.1) is 0 Å². The van der Waals surface area contributed by atoms with Gasteiger partial charge < -0.3 is 14.6 Å². The largest absolute Gasteiger partial charge is 0.574 e. The van der Waals surface area contributed by atoms with Crippen molar-refractivity contribution in [2.75, 3.05) is 6.61 Å². The van der Waals surface area contributed by atoms with Crippen molar-refractivity contribution in [2.45, 2.75) is 18.6 Å². The Hall–Kier alpha value is -1.51. The van der Waals surface area contributed by atoms with E-state index in [9.17, 15) is 23.1 Å². The predicted octanol–water partition coefficient (Wildman–Crippen LogP) is 2.76. The second-order valence-electron chi connectivity index (χ2n) is 3.20. The van der Waals surface area contributed by atoms with Gasteiger partial charge in [-0.05, 0) is 6.92 Å². The van der Waals surface area contributed by atoms with Crippen molar-refractivity contribution in [1.29, 1.82) is 0 Å². The lowest BCUT2D eigenvalue weighted by molar-refractivity contribution is -0.276. The van der Waals surface area contributed by atoms with Crippen molar-refractivity contribution in [1.82, 2.24) is 4.98 Å². The van der Waals surface area contributed by atoms with Crippen LogP contribution in [0.4, 0.5) is 13.2 Å². The van der Waals surface area contributed by atoms with E-state index in [1.54, 1.807) is 0 Å². The third-order valence-electron chi connectivity index (χ3n) is 1.95. The van der Waals surface area contributed by atoms with E-state index < -0.39 is 29.5 Å². The van der Waals surface area contributed by atoms with Crippen LogP contribution in [-0.2, 0) is 10.1 Å². The summed E-state index contributed by atoms with van der Waals surface area (Å²) < 4.78 is 44.9. The number of nitrogens with zero attached hydrogens (tertiary/aromatic N) is 1. The number of ether oxygens (including phenoxy) is 2. The fourth-order valence-electron chi connectivity index (χ4n) is 1.28. The number of carbonyl (C=O) groups excluding carboxylic acids is 1. The number of carbonyl (C=O) groups is 1. The molecule has 0 fully saturated rings. The first-order chi connectivity index (χ1) is 8.80. The van der Waals surface area contributed by atoms with Gasteiger partial charge in [0.2, 0.25) is 5.88 Å². The fraction of sp³-hybridized carbons (Fsp3) is 0.400. The number of rotatable bonds is 4. The van der Waals surface area contributed by atoms with Crippen LogP contribution in [0.15, 0.2) is 6.20 Å². The molecule has 0 aliphatic rings. The Balaban J connectivity index is 3.29. The molecule has 0 saturated heterocycles. The average Bonchev–Trinajstić information content (AvgIpc) is 2.29. The minimum atomic E-state index is -4.95. The van der Waals surface area contributed by atoms with Gasteiger partial charge in [-0.25, -0.2) is 9.78 Å². The van der Waals surface area contributed by atoms with Gasteiger partial charge in [0.05, 0.1) is 12.8 Å². The highest BCUT2D eigenvalue weighted by atomic mass is 79.9. The number of pyridine rings is 1. The zero-order valence-electron chi connectivity index (χ0n) is 9.62. The number of hydrogen-bond donors (Lipinski definition) is 1. The summed E-state index contributed by atoms with van der Waals surface area (Å²) in [5.74, 6) is -2.35. The van der Waals surface area contributed by atoms with E-state index >= 15 is 0 Å². The number of halogens is 4. The predicted molar refractivity (Wildman–Crippen MR) is 61.2 cm³/mol. The van der Waals surface area contributed by atoms with Gasteiger partial charge >= 0.3 is 12.3 Å². The van der Waals surface area contributed by atoms with Gasteiger partial charge in [0.25, 0.3) is 0 Å². The molecule has 0 saturated carbocycles. The van der Waals surface area contributed by atoms with Crippen LogP contribution >= 0.6 is 15.9 Å². The van der Waals surface area contributed by atoms with Gasteiger partial charge in [0, 0.05) is 10.9 Å². The van der Waals surface area contributed by atoms with Gasteiger partial charge in [-0.3, -0.25) is 0 Å². The second-order valence-corrected chi connectivity index (χ2v) is 3.76. The maximum Gasteiger partial charge on any atom is 0.574 e. The first-order valence-electron chi connectivity index (χ1n) is 4.99.